The van der Waals surface area contributed by atoms with E-state index in [4.69, 9.17) is 0 Å². The molecule has 33 heavy (non-hydrogen) atoms. The molecule has 0 atom stereocenters. The molecule has 0 aliphatic carbocycles. The molecule has 0 spiro atoms. The Balaban J connectivity index is 0.00000385. The van der Waals surface area contributed by atoms with Gasteiger partial charge in [-0.15, -0.1) is 12.4 Å². The summed E-state index contributed by atoms with van der Waals surface area (Å²) >= 11 is 0. The van der Waals surface area contributed by atoms with Crippen LogP contribution in [0.3, 0.4) is 0 Å². The molecule has 0 amide bonds. The van der Waals surface area contributed by atoms with Gasteiger partial charge in [0.05, 0.1) is 5.56 Å². The monoisotopic (exact) mass is 482 g/mol. The highest BCUT2D eigenvalue weighted by Crippen LogP contribution is 2.31. The average Bonchev–Trinajstić information content (AvgIpc) is 2.79. The topological polar surface area (TPSA) is 6.48 Å². The highest BCUT2D eigenvalue weighted by atomic mass is 35.5. The zero-order valence-corrected chi connectivity index (χ0v) is 20.8. The standard InChI is InChI=1S/C27H37F3N2.ClH/c1-3-4-5-6-7-9-24-20-23(13-12-22(24)2)14-15-31-16-18-32(19-17-31)26-11-8-10-25(21-26)27(28,29)30;/h8,10-13,20-21H,3-7,9,14-19H2,1-2H3;1H. The maximum atomic E-state index is 13.0. The van der Waals surface area contributed by atoms with E-state index >= 15 is 0 Å². The maximum absolute atomic E-state index is 13.0. The van der Waals surface area contributed by atoms with Gasteiger partial charge in [-0.1, -0.05) is 56.9 Å². The summed E-state index contributed by atoms with van der Waals surface area (Å²) in [5.41, 5.74) is 4.35. The highest BCUT2D eigenvalue weighted by molar-refractivity contribution is 5.85. The number of alkyl halides is 3. The van der Waals surface area contributed by atoms with Gasteiger partial charge in [-0.25, -0.2) is 0 Å². The number of piperazine rings is 1. The van der Waals surface area contributed by atoms with Crippen LogP contribution >= 0.6 is 12.4 Å². The number of hydrogen-bond donors (Lipinski definition) is 0. The van der Waals surface area contributed by atoms with Crippen LogP contribution in [0, 0.1) is 6.92 Å². The summed E-state index contributed by atoms with van der Waals surface area (Å²) in [6, 6.07) is 12.6. The lowest BCUT2D eigenvalue weighted by Gasteiger charge is -2.36. The van der Waals surface area contributed by atoms with Crippen molar-refractivity contribution in [1.82, 2.24) is 4.90 Å². The second-order valence-electron chi connectivity index (χ2n) is 9.05. The molecular weight excluding hydrogens is 445 g/mol. The van der Waals surface area contributed by atoms with Gasteiger partial charge in [-0.2, -0.15) is 13.2 Å². The first kappa shape index (κ1) is 27.5. The summed E-state index contributed by atoms with van der Waals surface area (Å²) in [7, 11) is 0. The van der Waals surface area contributed by atoms with Crippen molar-refractivity contribution >= 4 is 18.1 Å². The van der Waals surface area contributed by atoms with Gasteiger partial charge >= 0.3 is 6.18 Å². The molecule has 184 valence electrons. The third kappa shape index (κ3) is 8.53. The molecule has 0 aromatic heterocycles. The van der Waals surface area contributed by atoms with E-state index in [1.165, 1.54) is 67.3 Å². The van der Waals surface area contributed by atoms with Gasteiger partial charge in [0.1, 0.15) is 0 Å². The SMILES string of the molecule is CCCCCCCc1cc(CCN2CCN(c3cccc(C(F)(F)F)c3)CC2)ccc1C.Cl. The molecule has 2 nitrogen and oxygen atoms in total. The van der Waals surface area contributed by atoms with Gasteiger partial charge in [0.15, 0.2) is 0 Å². The Morgan fingerprint density at radius 2 is 1.58 bits per heavy atom. The van der Waals surface area contributed by atoms with Crippen LogP contribution in [0.2, 0.25) is 0 Å². The predicted octanol–water partition coefficient (Wildman–Crippen LogP) is 7.31. The summed E-state index contributed by atoms with van der Waals surface area (Å²) < 4.78 is 39.0. The van der Waals surface area contributed by atoms with Crippen LogP contribution in [0.5, 0.6) is 0 Å². The Bertz CT molecular complexity index is 846. The van der Waals surface area contributed by atoms with Gasteiger partial charge in [0.2, 0.25) is 0 Å². The van der Waals surface area contributed by atoms with E-state index in [2.05, 4.69) is 41.8 Å². The minimum absolute atomic E-state index is 0. The Hall–Kier alpha value is -1.72. The predicted molar refractivity (Wildman–Crippen MR) is 135 cm³/mol. The molecule has 2 aromatic carbocycles. The van der Waals surface area contributed by atoms with Crippen molar-refractivity contribution in [3.63, 3.8) is 0 Å². The van der Waals surface area contributed by atoms with E-state index in [9.17, 15) is 13.2 Å². The van der Waals surface area contributed by atoms with Crippen molar-refractivity contribution in [2.45, 2.75) is 65.0 Å². The lowest BCUT2D eigenvalue weighted by Crippen LogP contribution is -2.47. The van der Waals surface area contributed by atoms with Gasteiger partial charge in [-0.3, -0.25) is 4.90 Å². The van der Waals surface area contributed by atoms with E-state index in [1.807, 2.05) is 0 Å². The number of benzene rings is 2. The van der Waals surface area contributed by atoms with Crippen LogP contribution in [0.1, 0.15) is 61.3 Å². The zero-order valence-electron chi connectivity index (χ0n) is 20.0. The second kappa shape index (κ2) is 13.2. The number of nitrogens with zero attached hydrogens (tertiary/aromatic N) is 2. The van der Waals surface area contributed by atoms with Crippen LogP contribution in [-0.2, 0) is 19.0 Å². The molecule has 1 saturated heterocycles. The number of hydrogen-bond acceptors (Lipinski definition) is 2. The number of aryl methyl sites for hydroxylation is 2. The van der Waals surface area contributed by atoms with Gasteiger partial charge < -0.3 is 4.90 Å². The van der Waals surface area contributed by atoms with Crippen LogP contribution in [0.4, 0.5) is 18.9 Å². The number of unbranched alkanes of at least 4 members (excludes halogenated alkanes) is 4. The second-order valence-corrected chi connectivity index (χ2v) is 9.05. The van der Waals surface area contributed by atoms with Crippen LogP contribution < -0.4 is 4.90 Å². The lowest BCUT2D eigenvalue weighted by atomic mass is 9.98. The van der Waals surface area contributed by atoms with Crippen molar-refractivity contribution in [2.24, 2.45) is 0 Å². The molecule has 0 bridgehead atoms. The van der Waals surface area contributed by atoms with Crippen molar-refractivity contribution in [2.75, 3.05) is 37.6 Å². The molecule has 1 aliphatic rings. The first-order valence-electron chi connectivity index (χ1n) is 12.1. The van der Waals surface area contributed by atoms with Crippen LogP contribution in [0.25, 0.3) is 0 Å². The zero-order chi connectivity index (χ0) is 23.0. The Morgan fingerprint density at radius 3 is 2.27 bits per heavy atom. The minimum Gasteiger partial charge on any atom is -0.369 e. The summed E-state index contributed by atoms with van der Waals surface area (Å²) in [5.74, 6) is 0. The van der Waals surface area contributed by atoms with Crippen molar-refractivity contribution < 1.29 is 13.2 Å². The molecule has 6 heteroatoms. The summed E-state index contributed by atoms with van der Waals surface area (Å²) in [6.07, 6.45) is 4.42. The van der Waals surface area contributed by atoms with E-state index in [1.54, 1.807) is 6.07 Å². The number of halogens is 4. The Labute approximate surface area is 203 Å². The van der Waals surface area contributed by atoms with E-state index < -0.39 is 11.7 Å². The minimum atomic E-state index is -4.29. The molecule has 2 aromatic rings. The molecule has 3 rings (SSSR count). The van der Waals surface area contributed by atoms with Crippen LogP contribution in [0.15, 0.2) is 42.5 Å². The molecule has 0 N–H and O–H groups in total. The summed E-state index contributed by atoms with van der Waals surface area (Å²) in [6.45, 7) is 8.74. The van der Waals surface area contributed by atoms with E-state index in [0.717, 1.165) is 45.2 Å². The summed E-state index contributed by atoms with van der Waals surface area (Å²) in [4.78, 5) is 4.49. The van der Waals surface area contributed by atoms with Crippen molar-refractivity contribution in [3.05, 3.63) is 64.7 Å². The largest absolute Gasteiger partial charge is 0.416 e. The Kier molecular flexibility index (Phi) is 11.0. The fraction of sp³-hybridized carbons (Fsp3) is 0.556. The molecule has 1 fully saturated rings. The lowest BCUT2D eigenvalue weighted by molar-refractivity contribution is -0.137. The van der Waals surface area contributed by atoms with Gasteiger partial charge in [0.25, 0.3) is 0 Å². The summed E-state index contributed by atoms with van der Waals surface area (Å²) in [5, 5.41) is 0. The van der Waals surface area contributed by atoms with Crippen LogP contribution in [-0.4, -0.2) is 37.6 Å². The van der Waals surface area contributed by atoms with Crippen molar-refractivity contribution in [3.8, 4) is 0 Å². The van der Waals surface area contributed by atoms with Crippen molar-refractivity contribution in [1.29, 1.82) is 0 Å². The average molecular weight is 483 g/mol. The first-order chi connectivity index (χ1) is 15.4. The first-order valence-corrected chi connectivity index (χ1v) is 12.1. The molecule has 0 saturated carbocycles. The molecular formula is C27H38ClF3N2. The fourth-order valence-corrected chi connectivity index (χ4v) is 4.46. The van der Waals surface area contributed by atoms with E-state index in [0.29, 0.717) is 5.69 Å². The van der Waals surface area contributed by atoms with Gasteiger partial charge in [0, 0.05) is 38.4 Å². The molecule has 1 aliphatic heterocycles. The smallest absolute Gasteiger partial charge is 0.369 e. The quantitative estimate of drug-likeness (QED) is 0.327. The fourth-order valence-electron chi connectivity index (χ4n) is 4.46. The third-order valence-electron chi connectivity index (χ3n) is 6.59. The molecule has 0 radical (unpaired) electrons. The van der Waals surface area contributed by atoms with Gasteiger partial charge in [-0.05, 0) is 61.1 Å². The Morgan fingerprint density at radius 1 is 0.848 bits per heavy atom. The maximum Gasteiger partial charge on any atom is 0.416 e. The number of rotatable bonds is 10. The normalized spacial score (nSPS) is 14.9. The molecule has 1 heterocycles. The van der Waals surface area contributed by atoms with E-state index in [-0.39, 0.29) is 12.4 Å². The highest BCUT2D eigenvalue weighted by Gasteiger charge is 2.31. The number of anilines is 1. The third-order valence-corrected chi connectivity index (χ3v) is 6.59. The molecule has 0 unspecified atom stereocenters.